The molecule has 0 aromatic carbocycles. The van der Waals surface area contributed by atoms with Gasteiger partial charge in [-0.05, 0) is 17.7 Å². The quantitative estimate of drug-likeness (QED) is 0.842. The Bertz CT molecular complexity index is 438. The standard InChI is InChI=1S/C12H14F5NO/c1-9(2,3)10(19,8-4-6-18-7-5-8)11(13,14)12(15,16)17/h4-7,19H,1-3H3. The second-order valence-corrected chi connectivity index (χ2v) is 5.27. The molecule has 2 nitrogen and oxygen atoms in total. The first-order valence-electron chi connectivity index (χ1n) is 5.43. The van der Waals surface area contributed by atoms with E-state index in [0.29, 0.717) is 0 Å². The zero-order valence-electron chi connectivity index (χ0n) is 10.6. The molecule has 0 saturated heterocycles. The zero-order chi connectivity index (χ0) is 15.1. The van der Waals surface area contributed by atoms with Crippen LogP contribution in [0.4, 0.5) is 22.0 Å². The number of halogens is 5. The van der Waals surface area contributed by atoms with Crippen LogP contribution in [0.15, 0.2) is 24.5 Å². The minimum absolute atomic E-state index is 0.530. The second-order valence-electron chi connectivity index (χ2n) is 5.27. The van der Waals surface area contributed by atoms with Crippen molar-refractivity contribution in [2.45, 2.75) is 38.5 Å². The monoisotopic (exact) mass is 283 g/mol. The van der Waals surface area contributed by atoms with Gasteiger partial charge in [0, 0.05) is 17.8 Å². The van der Waals surface area contributed by atoms with Gasteiger partial charge in [0.1, 0.15) is 0 Å². The normalized spacial score (nSPS) is 17.1. The van der Waals surface area contributed by atoms with Crippen LogP contribution in [0.2, 0.25) is 0 Å². The minimum Gasteiger partial charge on any atom is -0.378 e. The van der Waals surface area contributed by atoms with Crippen molar-refractivity contribution in [3.8, 4) is 0 Å². The Labute approximate surface area is 107 Å². The third kappa shape index (κ3) is 2.31. The van der Waals surface area contributed by atoms with E-state index in [0.717, 1.165) is 45.3 Å². The fourth-order valence-corrected chi connectivity index (χ4v) is 1.88. The lowest BCUT2D eigenvalue weighted by molar-refractivity contribution is -0.366. The number of alkyl halides is 5. The van der Waals surface area contributed by atoms with Crippen molar-refractivity contribution in [2.24, 2.45) is 5.41 Å². The molecule has 1 atom stereocenters. The topological polar surface area (TPSA) is 33.1 Å². The van der Waals surface area contributed by atoms with Gasteiger partial charge in [-0.25, -0.2) is 0 Å². The molecular weight excluding hydrogens is 269 g/mol. The summed E-state index contributed by atoms with van der Waals surface area (Å²) in [5.74, 6) is -5.29. The van der Waals surface area contributed by atoms with Gasteiger partial charge in [0.05, 0.1) is 0 Å². The van der Waals surface area contributed by atoms with Crippen LogP contribution in [0.25, 0.3) is 0 Å². The Hall–Kier alpha value is -1.24. The Morgan fingerprint density at radius 1 is 0.947 bits per heavy atom. The van der Waals surface area contributed by atoms with E-state index in [1.54, 1.807) is 0 Å². The first kappa shape index (κ1) is 15.8. The van der Waals surface area contributed by atoms with Crippen LogP contribution in [0.5, 0.6) is 0 Å². The van der Waals surface area contributed by atoms with Crippen LogP contribution >= 0.6 is 0 Å². The first-order valence-corrected chi connectivity index (χ1v) is 5.43. The minimum atomic E-state index is -5.86. The van der Waals surface area contributed by atoms with E-state index >= 15 is 0 Å². The Morgan fingerprint density at radius 2 is 1.37 bits per heavy atom. The summed E-state index contributed by atoms with van der Waals surface area (Å²) in [4.78, 5) is 3.55. The molecule has 0 radical (unpaired) electrons. The molecule has 1 aromatic rings. The van der Waals surface area contributed by atoms with Crippen LogP contribution in [0.3, 0.4) is 0 Å². The summed E-state index contributed by atoms with van der Waals surface area (Å²) >= 11 is 0. The summed E-state index contributed by atoms with van der Waals surface area (Å²) in [5, 5.41) is 10.2. The lowest BCUT2D eigenvalue weighted by Crippen LogP contribution is -2.61. The predicted molar refractivity (Wildman–Crippen MR) is 58.6 cm³/mol. The molecular formula is C12H14F5NO. The summed E-state index contributed by atoms with van der Waals surface area (Å²) in [7, 11) is 0. The van der Waals surface area contributed by atoms with Crippen molar-refractivity contribution in [1.82, 2.24) is 4.98 Å². The molecule has 0 bridgehead atoms. The molecule has 0 amide bonds. The van der Waals surface area contributed by atoms with Crippen molar-refractivity contribution in [3.05, 3.63) is 30.1 Å². The van der Waals surface area contributed by atoms with Gasteiger partial charge in [0.2, 0.25) is 0 Å². The third-order valence-electron chi connectivity index (χ3n) is 2.99. The molecule has 1 rings (SSSR count). The fourth-order valence-electron chi connectivity index (χ4n) is 1.88. The van der Waals surface area contributed by atoms with Crippen molar-refractivity contribution >= 4 is 0 Å². The van der Waals surface area contributed by atoms with E-state index in [9.17, 15) is 27.1 Å². The van der Waals surface area contributed by atoms with Crippen LogP contribution in [0.1, 0.15) is 26.3 Å². The molecule has 0 fully saturated rings. The number of rotatable bonds is 2. The fraction of sp³-hybridized carbons (Fsp3) is 0.583. The Morgan fingerprint density at radius 3 is 1.68 bits per heavy atom. The number of aliphatic hydroxyl groups is 1. The maximum atomic E-state index is 13.8. The molecule has 0 aliphatic heterocycles. The van der Waals surface area contributed by atoms with Crippen LogP contribution in [0, 0.1) is 5.41 Å². The maximum Gasteiger partial charge on any atom is 0.456 e. The summed E-state index contributed by atoms with van der Waals surface area (Å²) in [6, 6.07) is 1.90. The number of hydrogen-bond donors (Lipinski definition) is 1. The highest BCUT2D eigenvalue weighted by Gasteiger charge is 2.73. The summed E-state index contributed by atoms with van der Waals surface area (Å²) < 4.78 is 65.4. The molecule has 108 valence electrons. The van der Waals surface area contributed by atoms with E-state index in [-0.39, 0.29) is 0 Å². The molecule has 7 heteroatoms. The van der Waals surface area contributed by atoms with Gasteiger partial charge in [0.15, 0.2) is 5.60 Å². The smallest absolute Gasteiger partial charge is 0.378 e. The molecule has 1 heterocycles. The van der Waals surface area contributed by atoms with Gasteiger partial charge in [-0.2, -0.15) is 22.0 Å². The zero-order valence-corrected chi connectivity index (χ0v) is 10.6. The van der Waals surface area contributed by atoms with Gasteiger partial charge >= 0.3 is 12.1 Å². The van der Waals surface area contributed by atoms with E-state index in [1.807, 2.05) is 0 Å². The third-order valence-corrected chi connectivity index (χ3v) is 2.99. The van der Waals surface area contributed by atoms with E-state index in [1.165, 1.54) is 0 Å². The summed E-state index contributed by atoms with van der Waals surface area (Å²) in [6.07, 6.45) is -3.75. The van der Waals surface area contributed by atoms with Crippen molar-refractivity contribution in [3.63, 3.8) is 0 Å². The van der Waals surface area contributed by atoms with Crippen molar-refractivity contribution in [1.29, 1.82) is 0 Å². The van der Waals surface area contributed by atoms with E-state index in [4.69, 9.17) is 0 Å². The van der Waals surface area contributed by atoms with Gasteiger partial charge < -0.3 is 5.11 Å². The van der Waals surface area contributed by atoms with E-state index < -0.39 is 28.7 Å². The number of aromatic nitrogens is 1. The molecule has 1 aromatic heterocycles. The molecule has 0 aliphatic rings. The van der Waals surface area contributed by atoms with Gasteiger partial charge in [0.25, 0.3) is 0 Å². The molecule has 0 aliphatic carbocycles. The Kier molecular flexibility index (Phi) is 3.66. The lowest BCUT2D eigenvalue weighted by Gasteiger charge is -2.45. The lowest BCUT2D eigenvalue weighted by atomic mass is 9.68. The average Bonchev–Trinajstić information content (AvgIpc) is 2.25. The Balaban J connectivity index is 3.57. The molecule has 0 saturated carbocycles. The summed E-state index contributed by atoms with van der Waals surface area (Å²) in [6.45, 7) is 3.35. The SMILES string of the molecule is CC(C)(C)C(O)(c1ccncc1)C(F)(F)C(F)(F)F. The van der Waals surface area contributed by atoms with Crippen molar-refractivity contribution < 1.29 is 27.1 Å². The number of nitrogens with zero attached hydrogens (tertiary/aromatic N) is 1. The second kappa shape index (κ2) is 4.40. The van der Waals surface area contributed by atoms with Crippen LogP contribution < -0.4 is 0 Å². The van der Waals surface area contributed by atoms with Crippen molar-refractivity contribution in [2.75, 3.05) is 0 Å². The molecule has 0 spiro atoms. The van der Waals surface area contributed by atoms with Gasteiger partial charge in [-0.3, -0.25) is 4.98 Å². The average molecular weight is 283 g/mol. The molecule has 1 unspecified atom stereocenters. The maximum absolute atomic E-state index is 13.8. The highest BCUT2D eigenvalue weighted by molar-refractivity contribution is 5.26. The molecule has 1 N–H and O–H groups in total. The highest BCUT2D eigenvalue weighted by atomic mass is 19.4. The van der Waals surface area contributed by atoms with Crippen LogP contribution in [-0.4, -0.2) is 22.2 Å². The largest absolute Gasteiger partial charge is 0.456 e. The number of pyridine rings is 1. The number of hydrogen-bond acceptors (Lipinski definition) is 2. The predicted octanol–water partition coefficient (Wildman–Crippen LogP) is 3.51. The molecule has 19 heavy (non-hydrogen) atoms. The summed E-state index contributed by atoms with van der Waals surface area (Å²) in [5.41, 5.74) is -5.66. The van der Waals surface area contributed by atoms with Gasteiger partial charge in [-0.15, -0.1) is 0 Å². The highest BCUT2D eigenvalue weighted by Crippen LogP contribution is 2.55. The van der Waals surface area contributed by atoms with Gasteiger partial charge in [-0.1, -0.05) is 20.8 Å². The van der Waals surface area contributed by atoms with Crippen LogP contribution in [-0.2, 0) is 5.60 Å². The first-order chi connectivity index (χ1) is 8.36. The van der Waals surface area contributed by atoms with E-state index in [2.05, 4.69) is 4.98 Å².